The normalized spacial score (nSPS) is 9.47. The lowest BCUT2D eigenvalue weighted by molar-refractivity contribution is -0.106. The van der Waals surface area contributed by atoms with E-state index >= 15 is 0 Å². The molecule has 6 heteroatoms. The largest absolute Gasteiger partial charge is 0.481 e. The number of methoxy groups -OCH3 is 1. The van der Waals surface area contributed by atoms with Crippen molar-refractivity contribution < 1.29 is 14.3 Å². The van der Waals surface area contributed by atoms with E-state index in [1.165, 1.54) is 13.3 Å². The number of imide groups is 1. The predicted octanol–water partition coefficient (Wildman–Crippen LogP) is 1.54. The summed E-state index contributed by atoms with van der Waals surface area (Å²) in [4.78, 5) is 26.9. The first-order chi connectivity index (χ1) is 7.22. The first kappa shape index (κ1) is 11.5. The topological polar surface area (TPSA) is 59.5 Å². The molecule has 1 aromatic rings. The highest BCUT2D eigenvalue weighted by molar-refractivity contribution is 8.13. The van der Waals surface area contributed by atoms with Crippen molar-refractivity contribution in [3.63, 3.8) is 0 Å². The molecule has 5 nitrogen and oxygen atoms in total. The van der Waals surface area contributed by atoms with Crippen molar-refractivity contribution in [1.29, 1.82) is 0 Å². The molecule has 0 unspecified atom stereocenters. The van der Waals surface area contributed by atoms with Gasteiger partial charge in [0.2, 0.25) is 12.3 Å². The molecule has 0 saturated heterocycles. The van der Waals surface area contributed by atoms with Crippen molar-refractivity contribution >= 4 is 29.1 Å². The molecule has 0 bridgehead atoms. The summed E-state index contributed by atoms with van der Waals surface area (Å²) in [6.07, 6.45) is 3.47. The Hall–Kier alpha value is -1.56. The second kappa shape index (κ2) is 5.35. The summed E-state index contributed by atoms with van der Waals surface area (Å²) in [7, 11) is 1.49. The molecule has 0 aliphatic carbocycles. The number of amides is 2. The molecule has 0 aliphatic heterocycles. The lowest BCUT2D eigenvalue weighted by Crippen LogP contribution is -2.25. The number of aromatic nitrogens is 1. The number of pyridine rings is 1. The number of hydrogen-bond donors (Lipinski definition) is 0. The number of hydrogen-bond acceptors (Lipinski definition) is 5. The van der Waals surface area contributed by atoms with Crippen LogP contribution in [0.2, 0.25) is 0 Å². The molecule has 0 atom stereocenters. The fourth-order valence-corrected chi connectivity index (χ4v) is 1.29. The number of nitrogens with zero attached hydrogens (tertiary/aromatic N) is 2. The Morgan fingerprint density at radius 3 is 2.73 bits per heavy atom. The second-order valence-corrected chi connectivity index (χ2v) is 3.26. The molecular weight excluding hydrogens is 216 g/mol. The zero-order valence-electron chi connectivity index (χ0n) is 8.34. The lowest BCUT2D eigenvalue weighted by Gasteiger charge is -2.13. The zero-order valence-corrected chi connectivity index (χ0v) is 9.15. The Labute approximate surface area is 91.4 Å². The molecule has 0 radical (unpaired) electrons. The van der Waals surface area contributed by atoms with E-state index in [1.54, 1.807) is 18.4 Å². The minimum atomic E-state index is -0.350. The van der Waals surface area contributed by atoms with E-state index in [2.05, 4.69) is 4.98 Å². The van der Waals surface area contributed by atoms with E-state index in [4.69, 9.17) is 4.74 Å². The van der Waals surface area contributed by atoms with Crippen molar-refractivity contribution in [2.75, 3.05) is 18.3 Å². The molecular formula is C9H10N2O3S. The van der Waals surface area contributed by atoms with Gasteiger partial charge in [-0.05, 0) is 12.3 Å². The quantitative estimate of drug-likeness (QED) is 0.731. The summed E-state index contributed by atoms with van der Waals surface area (Å²) in [5.41, 5.74) is 0.421. The monoisotopic (exact) mass is 226 g/mol. The third-order valence-electron chi connectivity index (χ3n) is 1.68. The van der Waals surface area contributed by atoms with Crippen molar-refractivity contribution in [1.82, 2.24) is 4.98 Å². The number of rotatable bonds is 3. The summed E-state index contributed by atoms with van der Waals surface area (Å²) in [5.74, 6) is 0.432. The third kappa shape index (κ3) is 2.69. The van der Waals surface area contributed by atoms with Gasteiger partial charge in [-0.2, -0.15) is 0 Å². The Balaban J connectivity index is 2.92. The van der Waals surface area contributed by atoms with Crippen LogP contribution in [0.1, 0.15) is 0 Å². The van der Waals surface area contributed by atoms with E-state index in [0.29, 0.717) is 18.0 Å². The van der Waals surface area contributed by atoms with Gasteiger partial charge in [-0.25, -0.2) is 9.88 Å². The molecule has 1 rings (SSSR count). The van der Waals surface area contributed by atoms with Gasteiger partial charge in [0.25, 0.3) is 5.24 Å². The summed E-state index contributed by atoms with van der Waals surface area (Å²) in [5, 5.41) is -0.350. The minimum Gasteiger partial charge on any atom is -0.481 e. The Morgan fingerprint density at radius 2 is 2.33 bits per heavy atom. The summed E-state index contributed by atoms with van der Waals surface area (Å²) >= 11 is 0.959. The van der Waals surface area contributed by atoms with Crippen molar-refractivity contribution in [2.45, 2.75) is 0 Å². The van der Waals surface area contributed by atoms with Crippen molar-refractivity contribution in [3.8, 4) is 5.88 Å². The van der Waals surface area contributed by atoms with Gasteiger partial charge in [0.15, 0.2) is 0 Å². The van der Waals surface area contributed by atoms with Gasteiger partial charge >= 0.3 is 0 Å². The molecule has 1 heterocycles. The van der Waals surface area contributed by atoms with Crippen LogP contribution >= 0.6 is 11.8 Å². The van der Waals surface area contributed by atoms with Crippen LogP contribution in [0.4, 0.5) is 10.5 Å². The molecule has 0 saturated carbocycles. The summed E-state index contributed by atoms with van der Waals surface area (Å²) < 4.78 is 4.86. The Bertz CT molecular complexity index is 353. The molecule has 0 aliphatic rings. The van der Waals surface area contributed by atoms with Gasteiger partial charge < -0.3 is 4.74 Å². The fourth-order valence-electron chi connectivity index (χ4n) is 0.943. The van der Waals surface area contributed by atoms with E-state index in [-0.39, 0.29) is 5.24 Å². The fraction of sp³-hybridized carbons (Fsp3) is 0.222. The van der Waals surface area contributed by atoms with Gasteiger partial charge in [0.05, 0.1) is 19.0 Å². The highest BCUT2D eigenvalue weighted by atomic mass is 32.2. The molecule has 15 heavy (non-hydrogen) atoms. The summed E-state index contributed by atoms with van der Waals surface area (Å²) in [6, 6.07) is 3.17. The maximum atomic E-state index is 11.3. The minimum absolute atomic E-state index is 0.350. The SMILES string of the molecule is COc1ccc(N(C=O)C(=O)SC)cn1. The first-order valence-electron chi connectivity index (χ1n) is 4.05. The van der Waals surface area contributed by atoms with Crippen LogP contribution < -0.4 is 9.64 Å². The van der Waals surface area contributed by atoms with Crippen LogP contribution in [-0.4, -0.2) is 30.0 Å². The first-order valence-corrected chi connectivity index (χ1v) is 5.28. The average molecular weight is 226 g/mol. The maximum Gasteiger partial charge on any atom is 0.292 e. The predicted molar refractivity (Wildman–Crippen MR) is 58.2 cm³/mol. The molecule has 0 spiro atoms. The average Bonchev–Trinajstić information content (AvgIpc) is 2.30. The van der Waals surface area contributed by atoms with Gasteiger partial charge in [-0.1, -0.05) is 11.8 Å². The van der Waals surface area contributed by atoms with E-state index in [9.17, 15) is 9.59 Å². The zero-order chi connectivity index (χ0) is 11.3. The van der Waals surface area contributed by atoms with Gasteiger partial charge in [-0.15, -0.1) is 0 Å². The van der Waals surface area contributed by atoms with Gasteiger partial charge in [0, 0.05) is 6.07 Å². The van der Waals surface area contributed by atoms with E-state index < -0.39 is 0 Å². The maximum absolute atomic E-state index is 11.3. The molecule has 1 aromatic heterocycles. The van der Waals surface area contributed by atoms with Crippen LogP contribution in [0.3, 0.4) is 0 Å². The van der Waals surface area contributed by atoms with Crippen LogP contribution in [0.25, 0.3) is 0 Å². The van der Waals surface area contributed by atoms with E-state index in [1.807, 2.05) is 0 Å². The Kier molecular flexibility index (Phi) is 4.11. The second-order valence-electron chi connectivity index (χ2n) is 2.50. The molecule has 2 amide bonds. The van der Waals surface area contributed by atoms with Crippen LogP contribution in [0.15, 0.2) is 18.3 Å². The van der Waals surface area contributed by atoms with Crippen LogP contribution in [0.5, 0.6) is 5.88 Å². The van der Waals surface area contributed by atoms with Crippen LogP contribution in [-0.2, 0) is 4.79 Å². The Morgan fingerprint density at radius 1 is 1.60 bits per heavy atom. The van der Waals surface area contributed by atoms with Crippen molar-refractivity contribution in [2.24, 2.45) is 0 Å². The number of ether oxygens (including phenoxy) is 1. The number of thioether (sulfide) groups is 1. The van der Waals surface area contributed by atoms with Gasteiger partial charge in [0.1, 0.15) is 0 Å². The molecule has 0 N–H and O–H groups in total. The highest BCUT2D eigenvalue weighted by Crippen LogP contribution is 2.17. The number of carbonyl (C=O) groups excluding carboxylic acids is 2. The van der Waals surface area contributed by atoms with Crippen molar-refractivity contribution in [3.05, 3.63) is 18.3 Å². The molecule has 80 valence electrons. The third-order valence-corrected chi connectivity index (χ3v) is 2.23. The molecule has 0 fully saturated rings. The number of carbonyl (C=O) groups is 2. The standard InChI is InChI=1S/C9H10N2O3S/c1-14-8-4-3-7(5-10-8)11(6-12)9(13)15-2/h3-6H,1-2H3. The smallest absolute Gasteiger partial charge is 0.292 e. The summed E-state index contributed by atoms with van der Waals surface area (Å²) in [6.45, 7) is 0. The van der Waals surface area contributed by atoms with E-state index in [0.717, 1.165) is 16.7 Å². The lowest BCUT2D eigenvalue weighted by atomic mass is 10.4. The van der Waals surface area contributed by atoms with Crippen LogP contribution in [0, 0.1) is 0 Å². The highest BCUT2D eigenvalue weighted by Gasteiger charge is 2.13. The van der Waals surface area contributed by atoms with Gasteiger partial charge in [-0.3, -0.25) is 9.59 Å². The molecule has 0 aromatic carbocycles. The number of anilines is 1.